The molecule has 1 aromatic rings. The fraction of sp³-hybridized carbons (Fsp3) is 0.545. The summed E-state index contributed by atoms with van der Waals surface area (Å²) < 4.78 is 0. The summed E-state index contributed by atoms with van der Waals surface area (Å²) in [5, 5.41) is 1.72. The van der Waals surface area contributed by atoms with Crippen LogP contribution in [-0.2, 0) is 0 Å². The minimum atomic E-state index is 0.0742. The molecule has 0 saturated carbocycles. The van der Waals surface area contributed by atoms with E-state index in [0.29, 0.717) is 5.25 Å². The highest BCUT2D eigenvalue weighted by Crippen LogP contribution is 2.23. The zero-order valence-corrected chi connectivity index (χ0v) is 9.84. The molecule has 2 N–H and O–H groups in total. The van der Waals surface area contributed by atoms with Crippen LogP contribution in [0.2, 0.25) is 0 Å². The number of aromatic nitrogens is 1. The van der Waals surface area contributed by atoms with E-state index in [0.717, 1.165) is 10.6 Å². The summed E-state index contributed by atoms with van der Waals surface area (Å²) in [6.45, 7) is 6.37. The number of hydrogen-bond acceptors (Lipinski definition) is 3. The smallest absolute Gasteiger partial charge is 0.0962 e. The van der Waals surface area contributed by atoms with Gasteiger partial charge in [0.25, 0.3) is 0 Å². The number of rotatable bonds is 4. The van der Waals surface area contributed by atoms with Crippen molar-refractivity contribution in [3.63, 3.8) is 0 Å². The summed E-state index contributed by atoms with van der Waals surface area (Å²) in [5.74, 6) is 0. The van der Waals surface area contributed by atoms with Gasteiger partial charge in [-0.05, 0) is 25.0 Å². The van der Waals surface area contributed by atoms with Crippen molar-refractivity contribution in [3.05, 3.63) is 23.9 Å². The van der Waals surface area contributed by atoms with Gasteiger partial charge in [-0.15, -0.1) is 11.8 Å². The van der Waals surface area contributed by atoms with Crippen molar-refractivity contribution >= 4 is 11.8 Å². The minimum Gasteiger partial charge on any atom is -0.324 e. The van der Waals surface area contributed by atoms with Gasteiger partial charge in [-0.25, -0.2) is 4.98 Å². The highest BCUT2D eigenvalue weighted by Gasteiger charge is 2.04. The van der Waals surface area contributed by atoms with Gasteiger partial charge in [0.2, 0.25) is 0 Å². The molecule has 0 bridgehead atoms. The predicted octanol–water partition coefficient (Wildman–Crippen LogP) is 2.99. The molecule has 0 fully saturated rings. The fourth-order valence-corrected chi connectivity index (χ4v) is 1.86. The summed E-state index contributed by atoms with van der Waals surface area (Å²) in [4.78, 5) is 4.37. The Morgan fingerprint density at radius 2 is 2.14 bits per heavy atom. The minimum absolute atomic E-state index is 0.0742. The normalized spacial score (nSPS) is 15.1. The summed E-state index contributed by atoms with van der Waals surface area (Å²) in [6, 6.07) is 4.18. The zero-order chi connectivity index (χ0) is 10.6. The van der Waals surface area contributed by atoms with Crippen LogP contribution in [0, 0.1) is 0 Å². The Kier molecular flexibility index (Phi) is 4.42. The zero-order valence-electron chi connectivity index (χ0n) is 9.03. The van der Waals surface area contributed by atoms with Crippen molar-refractivity contribution in [2.45, 2.75) is 43.5 Å². The molecule has 0 radical (unpaired) electrons. The van der Waals surface area contributed by atoms with Crippen molar-refractivity contribution in [2.24, 2.45) is 5.73 Å². The molecule has 1 aromatic heterocycles. The van der Waals surface area contributed by atoms with Crippen molar-refractivity contribution < 1.29 is 0 Å². The Morgan fingerprint density at radius 3 is 2.57 bits per heavy atom. The third kappa shape index (κ3) is 3.31. The van der Waals surface area contributed by atoms with E-state index >= 15 is 0 Å². The van der Waals surface area contributed by atoms with Crippen LogP contribution < -0.4 is 5.73 Å². The van der Waals surface area contributed by atoms with Gasteiger partial charge in [-0.3, -0.25) is 0 Å². The van der Waals surface area contributed by atoms with Gasteiger partial charge < -0.3 is 5.73 Å². The Labute approximate surface area is 90.3 Å². The third-order valence-electron chi connectivity index (χ3n) is 2.18. The van der Waals surface area contributed by atoms with E-state index in [2.05, 4.69) is 31.0 Å². The van der Waals surface area contributed by atoms with E-state index in [4.69, 9.17) is 5.73 Å². The third-order valence-corrected chi connectivity index (χ3v) is 3.40. The molecule has 0 aromatic carbocycles. The molecular formula is C11H18N2S. The van der Waals surface area contributed by atoms with Crippen molar-refractivity contribution in [3.8, 4) is 0 Å². The molecule has 0 amide bonds. The molecule has 2 atom stereocenters. The van der Waals surface area contributed by atoms with Gasteiger partial charge >= 0.3 is 0 Å². The van der Waals surface area contributed by atoms with Crippen LogP contribution in [0.3, 0.4) is 0 Å². The van der Waals surface area contributed by atoms with Crippen LogP contribution in [0.4, 0.5) is 0 Å². The fourth-order valence-electron chi connectivity index (χ4n) is 1.02. The number of nitrogens with zero attached hydrogens (tertiary/aromatic N) is 1. The largest absolute Gasteiger partial charge is 0.324 e. The average molecular weight is 210 g/mol. The molecule has 0 aliphatic heterocycles. The first-order chi connectivity index (χ1) is 6.63. The van der Waals surface area contributed by atoms with E-state index in [1.807, 2.05) is 24.9 Å². The highest BCUT2D eigenvalue weighted by atomic mass is 32.2. The van der Waals surface area contributed by atoms with Crippen molar-refractivity contribution in [1.82, 2.24) is 4.98 Å². The van der Waals surface area contributed by atoms with E-state index in [1.165, 1.54) is 6.42 Å². The summed E-state index contributed by atoms with van der Waals surface area (Å²) in [5.41, 5.74) is 6.84. The molecule has 2 nitrogen and oxygen atoms in total. The van der Waals surface area contributed by atoms with E-state index < -0.39 is 0 Å². The average Bonchev–Trinajstić information content (AvgIpc) is 2.18. The summed E-state index contributed by atoms with van der Waals surface area (Å²) in [6.07, 6.45) is 3.04. The van der Waals surface area contributed by atoms with E-state index in [9.17, 15) is 0 Å². The highest BCUT2D eigenvalue weighted by molar-refractivity contribution is 7.99. The number of nitrogens with two attached hydrogens (primary N) is 1. The Morgan fingerprint density at radius 1 is 1.43 bits per heavy atom. The maximum atomic E-state index is 5.74. The lowest BCUT2D eigenvalue weighted by Gasteiger charge is -2.09. The maximum Gasteiger partial charge on any atom is 0.0962 e. The molecule has 14 heavy (non-hydrogen) atoms. The van der Waals surface area contributed by atoms with Crippen LogP contribution in [0.15, 0.2) is 23.4 Å². The monoisotopic (exact) mass is 210 g/mol. The lowest BCUT2D eigenvalue weighted by Crippen LogP contribution is -2.05. The molecule has 0 spiro atoms. The molecule has 0 aliphatic carbocycles. The second kappa shape index (κ2) is 5.37. The van der Waals surface area contributed by atoms with Crippen molar-refractivity contribution in [1.29, 1.82) is 0 Å². The molecule has 1 rings (SSSR count). The lowest BCUT2D eigenvalue weighted by molar-refractivity contribution is 0.805. The van der Waals surface area contributed by atoms with Gasteiger partial charge in [-0.2, -0.15) is 0 Å². The van der Waals surface area contributed by atoms with E-state index in [1.54, 1.807) is 0 Å². The molecule has 0 aliphatic rings. The maximum absolute atomic E-state index is 5.74. The molecular weight excluding hydrogens is 192 g/mol. The van der Waals surface area contributed by atoms with Gasteiger partial charge in [-0.1, -0.05) is 19.9 Å². The van der Waals surface area contributed by atoms with Crippen LogP contribution in [0.1, 0.15) is 38.8 Å². The van der Waals surface area contributed by atoms with Crippen LogP contribution in [0.25, 0.3) is 0 Å². The second-order valence-electron chi connectivity index (χ2n) is 3.56. The first-order valence-corrected chi connectivity index (χ1v) is 5.89. The SMILES string of the molecule is CCC(C)Sc1ccc([C@H](C)N)cn1. The van der Waals surface area contributed by atoms with Crippen LogP contribution >= 0.6 is 11.8 Å². The summed E-state index contributed by atoms with van der Waals surface area (Å²) in [7, 11) is 0. The van der Waals surface area contributed by atoms with Crippen LogP contribution in [0.5, 0.6) is 0 Å². The lowest BCUT2D eigenvalue weighted by atomic mass is 10.2. The summed E-state index contributed by atoms with van der Waals surface area (Å²) >= 11 is 1.81. The molecule has 1 heterocycles. The number of hydrogen-bond donors (Lipinski definition) is 1. The van der Waals surface area contributed by atoms with Gasteiger partial charge in [0, 0.05) is 17.5 Å². The van der Waals surface area contributed by atoms with E-state index in [-0.39, 0.29) is 6.04 Å². The Hall–Kier alpha value is -0.540. The number of pyridine rings is 1. The molecule has 0 saturated heterocycles. The second-order valence-corrected chi connectivity index (χ2v) is 5.01. The van der Waals surface area contributed by atoms with Gasteiger partial charge in [0.1, 0.15) is 0 Å². The first kappa shape index (κ1) is 11.5. The van der Waals surface area contributed by atoms with Gasteiger partial charge in [0.15, 0.2) is 0 Å². The Bertz CT molecular complexity index is 269. The predicted molar refractivity (Wildman–Crippen MR) is 62.4 cm³/mol. The van der Waals surface area contributed by atoms with Gasteiger partial charge in [0.05, 0.1) is 5.03 Å². The number of thioether (sulfide) groups is 1. The standard InChI is InChI=1S/C11H18N2S/c1-4-8(2)14-11-6-5-10(7-13-11)9(3)12/h5-9H,4,12H2,1-3H3/t8?,9-/m0/s1. The molecule has 3 heteroatoms. The molecule has 78 valence electrons. The van der Waals surface area contributed by atoms with Crippen LogP contribution in [-0.4, -0.2) is 10.2 Å². The quantitative estimate of drug-likeness (QED) is 0.776. The topological polar surface area (TPSA) is 38.9 Å². The Balaban J connectivity index is 2.64. The molecule has 1 unspecified atom stereocenters. The van der Waals surface area contributed by atoms with Crippen molar-refractivity contribution in [2.75, 3.05) is 0 Å². The first-order valence-electron chi connectivity index (χ1n) is 5.01.